The number of nitrogens with one attached hydrogen (secondary N) is 1. The summed E-state index contributed by atoms with van der Waals surface area (Å²) < 4.78 is 0. The molecule has 0 aliphatic heterocycles. The second-order valence-corrected chi connectivity index (χ2v) is 7.51. The Hall–Kier alpha value is -0.760. The molecule has 112 valence electrons. The van der Waals surface area contributed by atoms with Crippen LogP contribution in [0.3, 0.4) is 0 Å². The van der Waals surface area contributed by atoms with Crippen molar-refractivity contribution in [1.29, 1.82) is 5.26 Å². The summed E-state index contributed by atoms with van der Waals surface area (Å²) in [6.45, 7) is 0. The largest absolute Gasteiger partial charge is 0.296 e. The lowest BCUT2D eigenvalue weighted by Gasteiger charge is -2.30. The monoisotopic (exact) mass is 321 g/mol. The minimum Gasteiger partial charge on any atom is -0.296 e. The summed E-state index contributed by atoms with van der Waals surface area (Å²) in [7, 11) is 0. The highest BCUT2D eigenvalue weighted by molar-refractivity contribution is 7.99. The van der Waals surface area contributed by atoms with Crippen molar-refractivity contribution < 1.29 is 0 Å². The number of halogens is 1. The summed E-state index contributed by atoms with van der Waals surface area (Å²) in [5.74, 6) is 1.43. The molecule has 5 heteroatoms. The number of thioether (sulfide) groups is 1. The highest BCUT2D eigenvalue weighted by atomic mass is 35.5. The Morgan fingerprint density at radius 3 is 3.05 bits per heavy atom. The van der Waals surface area contributed by atoms with E-state index < -0.39 is 0 Å². The zero-order valence-corrected chi connectivity index (χ0v) is 13.6. The Balaban J connectivity index is 1.56. The van der Waals surface area contributed by atoms with E-state index >= 15 is 0 Å². The van der Waals surface area contributed by atoms with Gasteiger partial charge in [-0.05, 0) is 55.9 Å². The minimum atomic E-state index is -0.282. The van der Waals surface area contributed by atoms with Crippen molar-refractivity contribution in [3.8, 4) is 6.07 Å². The number of rotatable bonds is 6. The Morgan fingerprint density at radius 2 is 2.33 bits per heavy atom. The maximum absolute atomic E-state index is 9.67. The van der Waals surface area contributed by atoms with Gasteiger partial charge in [-0.1, -0.05) is 18.0 Å². The van der Waals surface area contributed by atoms with Crippen molar-refractivity contribution in [2.45, 2.75) is 55.1 Å². The first-order valence-corrected chi connectivity index (χ1v) is 9.02. The summed E-state index contributed by atoms with van der Waals surface area (Å²) >= 11 is 7.83. The molecule has 0 saturated heterocycles. The molecule has 2 atom stereocenters. The van der Waals surface area contributed by atoms with Crippen molar-refractivity contribution in [2.75, 3.05) is 5.75 Å². The molecule has 0 amide bonds. The van der Waals surface area contributed by atoms with Gasteiger partial charge in [-0.2, -0.15) is 5.26 Å². The van der Waals surface area contributed by atoms with Crippen molar-refractivity contribution >= 4 is 23.4 Å². The topological polar surface area (TPSA) is 48.7 Å². The molecule has 0 spiro atoms. The lowest BCUT2D eigenvalue weighted by Crippen LogP contribution is -2.48. The molecule has 0 aromatic carbocycles. The SMILES string of the molecule is N#CC1(NC2CC2)CCCC1CCSc1ncccc1Cl. The summed E-state index contributed by atoms with van der Waals surface area (Å²) in [5.41, 5.74) is -0.282. The third-order valence-electron chi connectivity index (χ3n) is 4.49. The van der Waals surface area contributed by atoms with Crippen molar-refractivity contribution in [2.24, 2.45) is 5.92 Å². The normalized spacial score (nSPS) is 28.5. The summed E-state index contributed by atoms with van der Waals surface area (Å²) in [6, 6.07) is 6.91. The molecule has 0 bridgehead atoms. The molecule has 2 aliphatic rings. The molecule has 2 saturated carbocycles. The van der Waals surface area contributed by atoms with E-state index in [4.69, 9.17) is 11.6 Å². The molecule has 1 heterocycles. The molecule has 3 rings (SSSR count). The van der Waals surface area contributed by atoms with Crippen LogP contribution in [-0.4, -0.2) is 22.3 Å². The van der Waals surface area contributed by atoms with E-state index in [2.05, 4.69) is 16.4 Å². The van der Waals surface area contributed by atoms with Gasteiger partial charge in [0.05, 0.1) is 11.1 Å². The fraction of sp³-hybridized carbons (Fsp3) is 0.625. The van der Waals surface area contributed by atoms with Crippen LogP contribution in [0.15, 0.2) is 23.4 Å². The number of hydrogen-bond acceptors (Lipinski definition) is 4. The van der Waals surface area contributed by atoms with Crippen LogP contribution in [-0.2, 0) is 0 Å². The lowest BCUT2D eigenvalue weighted by atomic mass is 9.86. The number of nitriles is 1. The van der Waals surface area contributed by atoms with Crippen LogP contribution in [0.1, 0.15) is 38.5 Å². The molecule has 21 heavy (non-hydrogen) atoms. The number of nitrogens with zero attached hydrogens (tertiary/aromatic N) is 2. The predicted octanol–water partition coefficient (Wildman–Crippen LogP) is 4.03. The maximum Gasteiger partial charge on any atom is 0.115 e. The first-order chi connectivity index (χ1) is 10.2. The predicted molar refractivity (Wildman–Crippen MR) is 86.4 cm³/mol. The zero-order chi connectivity index (χ0) is 14.7. The molecular weight excluding hydrogens is 302 g/mol. The lowest BCUT2D eigenvalue weighted by molar-refractivity contribution is 0.308. The number of hydrogen-bond donors (Lipinski definition) is 1. The van der Waals surface area contributed by atoms with Crippen LogP contribution in [0.2, 0.25) is 5.02 Å². The fourth-order valence-electron chi connectivity index (χ4n) is 3.21. The van der Waals surface area contributed by atoms with E-state index in [1.807, 2.05) is 12.1 Å². The van der Waals surface area contributed by atoms with Gasteiger partial charge in [0.2, 0.25) is 0 Å². The summed E-state index contributed by atoms with van der Waals surface area (Å²) in [6.07, 6.45) is 8.60. The molecule has 0 radical (unpaired) electrons. The molecule has 1 aromatic heterocycles. The van der Waals surface area contributed by atoms with Crippen molar-refractivity contribution in [3.63, 3.8) is 0 Å². The van der Waals surface area contributed by atoms with Gasteiger partial charge >= 0.3 is 0 Å². The average molecular weight is 322 g/mol. The third kappa shape index (κ3) is 3.53. The Bertz CT molecular complexity index is 541. The molecule has 1 N–H and O–H groups in total. The third-order valence-corrected chi connectivity index (χ3v) is 5.94. The fourth-order valence-corrected chi connectivity index (χ4v) is 4.43. The van der Waals surface area contributed by atoms with Crippen LogP contribution in [0.4, 0.5) is 0 Å². The maximum atomic E-state index is 9.67. The van der Waals surface area contributed by atoms with E-state index in [-0.39, 0.29) is 5.54 Å². The molecule has 3 nitrogen and oxygen atoms in total. The standard InChI is InChI=1S/C16H20ClN3S/c17-14-4-2-9-19-15(14)21-10-7-12-3-1-8-16(12,11-18)20-13-5-6-13/h2,4,9,12-13,20H,1,3,5-8,10H2. The van der Waals surface area contributed by atoms with Gasteiger partial charge in [0.25, 0.3) is 0 Å². The first kappa shape index (κ1) is 15.1. The molecule has 2 aliphatic carbocycles. The highest BCUT2D eigenvalue weighted by Gasteiger charge is 2.45. The van der Waals surface area contributed by atoms with Gasteiger partial charge in [-0.15, -0.1) is 11.8 Å². The van der Waals surface area contributed by atoms with Gasteiger partial charge in [-0.25, -0.2) is 4.98 Å². The van der Waals surface area contributed by atoms with Gasteiger partial charge < -0.3 is 0 Å². The number of pyridine rings is 1. The van der Waals surface area contributed by atoms with Gasteiger partial charge in [-0.3, -0.25) is 5.32 Å². The van der Waals surface area contributed by atoms with Crippen molar-refractivity contribution in [3.05, 3.63) is 23.4 Å². The quantitative estimate of drug-likeness (QED) is 0.804. The Morgan fingerprint density at radius 1 is 1.48 bits per heavy atom. The minimum absolute atomic E-state index is 0.282. The van der Waals surface area contributed by atoms with E-state index in [1.165, 1.54) is 12.8 Å². The van der Waals surface area contributed by atoms with E-state index in [0.717, 1.165) is 41.5 Å². The van der Waals surface area contributed by atoms with E-state index in [0.29, 0.717) is 12.0 Å². The van der Waals surface area contributed by atoms with Gasteiger partial charge in [0, 0.05) is 12.2 Å². The average Bonchev–Trinajstić information content (AvgIpc) is 3.21. The number of aromatic nitrogens is 1. The van der Waals surface area contributed by atoms with E-state index in [1.54, 1.807) is 18.0 Å². The second-order valence-electron chi connectivity index (χ2n) is 6.02. The Kier molecular flexibility index (Phi) is 4.73. The summed E-state index contributed by atoms with van der Waals surface area (Å²) in [4.78, 5) is 4.31. The van der Waals surface area contributed by atoms with Crippen LogP contribution in [0.25, 0.3) is 0 Å². The van der Waals surface area contributed by atoms with Gasteiger partial charge in [0.15, 0.2) is 0 Å². The first-order valence-electron chi connectivity index (χ1n) is 7.66. The second kappa shape index (κ2) is 6.56. The van der Waals surface area contributed by atoms with Crippen LogP contribution >= 0.6 is 23.4 Å². The highest BCUT2D eigenvalue weighted by Crippen LogP contribution is 2.41. The molecule has 2 fully saturated rings. The molecule has 2 unspecified atom stereocenters. The molecule has 1 aromatic rings. The van der Waals surface area contributed by atoms with Crippen LogP contribution in [0, 0.1) is 17.2 Å². The zero-order valence-electron chi connectivity index (χ0n) is 12.0. The summed E-state index contributed by atoms with van der Waals surface area (Å²) in [5, 5.41) is 14.9. The molecular formula is C16H20ClN3S. The van der Waals surface area contributed by atoms with Crippen LogP contribution in [0.5, 0.6) is 0 Å². The Labute approximate surface area is 135 Å². The van der Waals surface area contributed by atoms with E-state index in [9.17, 15) is 5.26 Å². The smallest absolute Gasteiger partial charge is 0.115 e. The van der Waals surface area contributed by atoms with Gasteiger partial charge in [0.1, 0.15) is 10.6 Å². The van der Waals surface area contributed by atoms with Crippen LogP contribution < -0.4 is 5.32 Å². The van der Waals surface area contributed by atoms with Crippen molar-refractivity contribution in [1.82, 2.24) is 10.3 Å².